The van der Waals surface area contributed by atoms with E-state index in [2.05, 4.69) is 13.5 Å². The van der Waals surface area contributed by atoms with Crippen LogP contribution >= 0.6 is 0 Å². The summed E-state index contributed by atoms with van der Waals surface area (Å²) in [6.07, 6.45) is 4.29. The van der Waals surface area contributed by atoms with Crippen molar-refractivity contribution in [3.63, 3.8) is 0 Å². The Kier molecular flexibility index (Phi) is 6.76. The van der Waals surface area contributed by atoms with Crippen molar-refractivity contribution in [2.45, 2.75) is 64.1 Å². The first-order chi connectivity index (χ1) is 16.9. The van der Waals surface area contributed by atoms with Crippen LogP contribution in [0.2, 0.25) is 0 Å². The highest BCUT2D eigenvalue weighted by atomic mass is 32.2. The van der Waals surface area contributed by atoms with E-state index in [-0.39, 0.29) is 37.1 Å². The van der Waals surface area contributed by atoms with Gasteiger partial charge in [0.2, 0.25) is 0 Å². The number of carbonyl (C=O) groups excluding carboxylic acids is 1. The number of aliphatic hydroxyl groups is 2. The second-order valence-corrected chi connectivity index (χ2v) is 13.9. The Morgan fingerprint density at radius 1 is 1.14 bits per heavy atom. The average Bonchev–Trinajstić information content (AvgIpc) is 2.85. The molecule has 2 unspecified atom stereocenters. The van der Waals surface area contributed by atoms with Gasteiger partial charge in [0.05, 0.1) is 44.9 Å². The molecule has 0 aromatic rings. The Bertz CT molecular complexity index is 996. The lowest BCUT2D eigenvalue weighted by atomic mass is 9.35. The van der Waals surface area contributed by atoms with E-state index in [0.29, 0.717) is 39.1 Å². The number of nitrogens with zero attached hydrogens (tertiary/aromatic N) is 1. The van der Waals surface area contributed by atoms with E-state index in [1.54, 1.807) is 4.90 Å². The Labute approximate surface area is 214 Å². The van der Waals surface area contributed by atoms with E-state index in [9.17, 15) is 23.4 Å². The van der Waals surface area contributed by atoms with E-state index >= 15 is 0 Å². The molecule has 5 saturated carbocycles. The summed E-state index contributed by atoms with van der Waals surface area (Å²) in [6, 6.07) is 0. The highest BCUT2D eigenvalue weighted by Crippen LogP contribution is 2.72. The van der Waals surface area contributed by atoms with Gasteiger partial charge in [-0.05, 0) is 61.9 Å². The van der Waals surface area contributed by atoms with Gasteiger partial charge in [-0.3, -0.25) is 4.18 Å². The van der Waals surface area contributed by atoms with Crippen molar-refractivity contribution in [2.75, 3.05) is 45.8 Å². The van der Waals surface area contributed by atoms with E-state index in [1.807, 2.05) is 0 Å². The molecule has 0 aromatic heterocycles. The first kappa shape index (κ1) is 26.4. The van der Waals surface area contributed by atoms with Crippen molar-refractivity contribution in [2.24, 2.45) is 34.0 Å². The summed E-state index contributed by atoms with van der Waals surface area (Å²) in [5, 5.41) is 23.1. The summed E-state index contributed by atoms with van der Waals surface area (Å²) in [5.41, 5.74) is -0.956. The van der Waals surface area contributed by atoms with Gasteiger partial charge in [0.1, 0.15) is 0 Å². The smallest absolute Gasteiger partial charge is 0.409 e. The van der Waals surface area contributed by atoms with Crippen molar-refractivity contribution < 1.29 is 37.1 Å². The van der Waals surface area contributed by atoms with E-state index in [1.165, 1.54) is 0 Å². The van der Waals surface area contributed by atoms with Crippen LogP contribution in [0.5, 0.6) is 0 Å². The van der Waals surface area contributed by atoms with Gasteiger partial charge < -0.3 is 24.6 Å². The molecule has 1 spiro atoms. The molecular weight excluding hydrogens is 486 g/mol. The summed E-state index contributed by atoms with van der Waals surface area (Å²) in [5.74, 6) is -0.0713. The SMILES string of the molecule is C=C1[C@H]2CC[C@]3(C(C2)[C@]2(COS(C)(=O)=O)CCC[C@@](C)(COC(=O)N4CCOCC4)C2C[C@H]3O)[C@H]1O. The lowest BCUT2D eigenvalue weighted by Gasteiger charge is -2.70. The predicted octanol–water partition coefficient (Wildman–Crippen LogP) is 2.32. The van der Waals surface area contributed by atoms with Crippen LogP contribution in [0.1, 0.15) is 51.9 Å². The van der Waals surface area contributed by atoms with Crippen molar-refractivity contribution in [3.8, 4) is 0 Å². The quantitative estimate of drug-likeness (QED) is 0.413. The highest BCUT2D eigenvalue weighted by molar-refractivity contribution is 7.85. The number of aliphatic hydroxyl groups excluding tert-OH is 2. The molecule has 8 atom stereocenters. The minimum Gasteiger partial charge on any atom is -0.449 e. The molecule has 1 amide bonds. The fourth-order valence-corrected chi connectivity index (χ4v) is 9.21. The van der Waals surface area contributed by atoms with Gasteiger partial charge in [0.15, 0.2) is 0 Å². The molecule has 204 valence electrons. The largest absolute Gasteiger partial charge is 0.449 e. The Hall–Kier alpha value is -1.20. The van der Waals surface area contributed by atoms with E-state index in [4.69, 9.17) is 13.7 Å². The molecule has 1 heterocycles. The number of carbonyl (C=O) groups is 1. The second-order valence-electron chi connectivity index (χ2n) is 12.3. The van der Waals surface area contributed by atoms with Crippen LogP contribution in [0.15, 0.2) is 12.2 Å². The summed E-state index contributed by atoms with van der Waals surface area (Å²) < 4.78 is 41.1. The van der Waals surface area contributed by atoms with Gasteiger partial charge in [-0.1, -0.05) is 19.9 Å². The number of ether oxygens (including phenoxy) is 2. The first-order valence-corrected chi connectivity index (χ1v) is 15.1. The van der Waals surface area contributed by atoms with Gasteiger partial charge >= 0.3 is 6.09 Å². The molecule has 0 radical (unpaired) electrons. The third-order valence-electron chi connectivity index (χ3n) is 10.5. The minimum atomic E-state index is -3.69. The molecule has 6 aliphatic rings. The van der Waals surface area contributed by atoms with Gasteiger partial charge in [0.25, 0.3) is 10.1 Å². The summed E-state index contributed by atoms with van der Waals surface area (Å²) in [7, 11) is -3.69. The van der Waals surface area contributed by atoms with Crippen LogP contribution in [0, 0.1) is 34.0 Å². The van der Waals surface area contributed by atoms with E-state index in [0.717, 1.165) is 43.9 Å². The average molecular weight is 528 g/mol. The third-order valence-corrected chi connectivity index (χ3v) is 11.1. The third kappa shape index (κ3) is 4.11. The molecule has 9 nitrogen and oxygen atoms in total. The number of hydrogen-bond donors (Lipinski definition) is 2. The summed E-state index contributed by atoms with van der Waals surface area (Å²) in [6.45, 7) is 8.46. The van der Waals surface area contributed by atoms with Gasteiger partial charge in [-0.25, -0.2) is 4.79 Å². The van der Waals surface area contributed by atoms with Crippen molar-refractivity contribution in [1.29, 1.82) is 0 Å². The zero-order chi connectivity index (χ0) is 25.9. The fourth-order valence-electron chi connectivity index (χ4n) is 8.77. The van der Waals surface area contributed by atoms with Crippen LogP contribution in [0.4, 0.5) is 4.79 Å². The standard InChI is InChI=1S/C26H41NO8S/c1-17-18-5-8-26(22(17)29)20(13-18)25(16-35-36(3,31)32)7-4-6-24(2,19(25)14-21(26)28)15-34-23(30)27-9-11-33-12-10-27/h18-22,28-29H,1,4-16H2,2-3H3/t18-,19?,20?,21+,22-,24-,25-,26+/m0/s1. The second kappa shape index (κ2) is 9.22. The van der Waals surface area contributed by atoms with Crippen LogP contribution in [-0.2, 0) is 23.8 Å². The summed E-state index contributed by atoms with van der Waals surface area (Å²) >= 11 is 0. The lowest BCUT2D eigenvalue weighted by molar-refractivity contribution is -0.265. The molecule has 36 heavy (non-hydrogen) atoms. The molecule has 6 fully saturated rings. The van der Waals surface area contributed by atoms with Crippen molar-refractivity contribution >= 4 is 16.2 Å². The molecular formula is C26H41NO8S. The van der Waals surface area contributed by atoms with Crippen LogP contribution in [0.25, 0.3) is 0 Å². The molecule has 1 saturated heterocycles. The molecule has 6 rings (SSSR count). The zero-order valence-corrected chi connectivity index (χ0v) is 22.3. The van der Waals surface area contributed by atoms with Crippen molar-refractivity contribution in [3.05, 3.63) is 12.2 Å². The topological polar surface area (TPSA) is 123 Å². The number of fused-ring (bicyclic) bond motifs is 3. The maximum absolute atomic E-state index is 12.8. The fraction of sp³-hybridized carbons (Fsp3) is 0.885. The maximum atomic E-state index is 12.8. The molecule has 2 bridgehead atoms. The van der Waals surface area contributed by atoms with E-state index < -0.39 is 38.6 Å². The predicted molar refractivity (Wildman–Crippen MR) is 131 cm³/mol. The number of rotatable bonds is 5. The Morgan fingerprint density at radius 3 is 2.56 bits per heavy atom. The number of morpholine rings is 1. The van der Waals surface area contributed by atoms with Gasteiger partial charge in [-0.2, -0.15) is 8.42 Å². The number of hydrogen-bond acceptors (Lipinski definition) is 8. The lowest BCUT2D eigenvalue weighted by Crippen LogP contribution is -2.71. The monoisotopic (exact) mass is 527 g/mol. The minimum absolute atomic E-state index is 0.0224. The molecule has 5 aliphatic carbocycles. The molecule has 0 aromatic carbocycles. The number of amides is 1. The van der Waals surface area contributed by atoms with Crippen molar-refractivity contribution in [1.82, 2.24) is 4.90 Å². The van der Waals surface area contributed by atoms with Gasteiger partial charge in [-0.15, -0.1) is 0 Å². The van der Waals surface area contributed by atoms with Crippen LogP contribution in [-0.4, -0.2) is 87.6 Å². The Balaban J connectivity index is 1.48. The highest BCUT2D eigenvalue weighted by Gasteiger charge is 2.71. The molecule has 1 aliphatic heterocycles. The zero-order valence-electron chi connectivity index (χ0n) is 21.5. The molecule has 2 N–H and O–H groups in total. The molecule has 10 heteroatoms. The Morgan fingerprint density at radius 2 is 1.86 bits per heavy atom. The summed E-state index contributed by atoms with van der Waals surface area (Å²) in [4.78, 5) is 14.5. The van der Waals surface area contributed by atoms with Gasteiger partial charge in [0, 0.05) is 29.3 Å². The van der Waals surface area contributed by atoms with Crippen LogP contribution in [0.3, 0.4) is 0 Å². The van der Waals surface area contributed by atoms with Crippen LogP contribution < -0.4 is 0 Å². The normalized spacial score (nSPS) is 44.6. The maximum Gasteiger partial charge on any atom is 0.409 e. The first-order valence-electron chi connectivity index (χ1n) is 13.3.